The molecule has 0 radical (unpaired) electrons. The van der Waals surface area contributed by atoms with Gasteiger partial charge in [0.2, 0.25) is 0 Å². The Hall–Kier alpha value is -0.570. The molecule has 1 saturated heterocycles. The van der Waals surface area contributed by atoms with Crippen LogP contribution in [0.3, 0.4) is 0 Å². The zero-order valence-electron chi connectivity index (χ0n) is 11.6. The van der Waals surface area contributed by atoms with Crippen molar-refractivity contribution in [3.05, 3.63) is 0 Å². The fourth-order valence-electron chi connectivity index (χ4n) is 3.74. The van der Waals surface area contributed by atoms with Crippen LogP contribution in [0.15, 0.2) is 0 Å². The molecular formula is C15H27NO2. The minimum absolute atomic E-state index is 0.122. The number of likely N-dealkylation sites (tertiary alicyclic amines) is 1. The van der Waals surface area contributed by atoms with Crippen molar-refractivity contribution in [2.45, 2.75) is 64.3 Å². The smallest absolute Gasteiger partial charge is 0.308 e. The molecule has 104 valence electrons. The van der Waals surface area contributed by atoms with Crippen LogP contribution in [0, 0.1) is 11.8 Å². The van der Waals surface area contributed by atoms with Crippen LogP contribution in [0.4, 0.5) is 0 Å². The zero-order valence-corrected chi connectivity index (χ0v) is 11.6. The van der Waals surface area contributed by atoms with Gasteiger partial charge in [-0.05, 0) is 38.1 Å². The average molecular weight is 253 g/mol. The highest BCUT2D eigenvalue weighted by atomic mass is 16.4. The summed E-state index contributed by atoms with van der Waals surface area (Å²) in [7, 11) is 0. The number of carboxylic acids is 1. The predicted octanol–water partition coefficient (Wildman–Crippen LogP) is 3.14. The molecule has 0 aromatic heterocycles. The minimum atomic E-state index is -0.569. The van der Waals surface area contributed by atoms with Gasteiger partial charge in [0, 0.05) is 12.6 Å². The molecule has 1 aliphatic carbocycles. The quantitative estimate of drug-likeness (QED) is 0.786. The molecule has 0 aromatic rings. The fourth-order valence-corrected chi connectivity index (χ4v) is 3.74. The molecule has 1 heterocycles. The first-order chi connectivity index (χ1) is 8.72. The van der Waals surface area contributed by atoms with Crippen LogP contribution in [0.2, 0.25) is 0 Å². The number of hydrogen-bond acceptors (Lipinski definition) is 2. The summed E-state index contributed by atoms with van der Waals surface area (Å²) in [5.41, 5.74) is 0. The van der Waals surface area contributed by atoms with E-state index in [0.717, 1.165) is 38.3 Å². The fraction of sp³-hybridized carbons (Fsp3) is 0.933. The monoisotopic (exact) mass is 253 g/mol. The van der Waals surface area contributed by atoms with E-state index in [-0.39, 0.29) is 5.92 Å². The lowest BCUT2D eigenvalue weighted by Gasteiger charge is -2.40. The van der Waals surface area contributed by atoms with Gasteiger partial charge in [-0.15, -0.1) is 0 Å². The highest BCUT2D eigenvalue weighted by molar-refractivity contribution is 5.70. The van der Waals surface area contributed by atoms with E-state index >= 15 is 0 Å². The molecular weight excluding hydrogens is 226 g/mol. The molecule has 2 fully saturated rings. The first kappa shape index (κ1) is 13.9. The van der Waals surface area contributed by atoms with E-state index in [1.54, 1.807) is 0 Å². The summed E-state index contributed by atoms with van der Waals surface area (Å²) in [6.45, 7) is 4.51. The van der Waals surface area contributed by atoms with Crippen molar-refractivity contribution >= 4 is 5.97 Å². The number of piperidine rings is 1. The lowest BCUT2D eigenvalue weighted by molar-refractivity contribution is -0.145. The summed E-state index contributed by atoms with van der Waals surface area (Å²) in [5.74, 6) is 0.0973. The van der Waals surface area contributed by atoms with Gasteiger partial charge in [0.15, 0.2) is 0 Å². The third-order valence-corrected chi connectivity index (χ3v) is 4.89. The Morgan fingerprint density at radius 1 is 1.17 bits per heavy atom. The second-order valence-electron chi connectivity index (χ2n) is 6.06. The molecule has 3 unspecified atom stereocenters. The van der Waals surface area contributed by atoms with E-state index < -0.39 is 5.97 Å². The molecule has 2 rings (SSSR count). The first-order valence-electron chi connectivity index (χ1n) is 7.69. The Morgan fingerprint density at radius 3 is 2.67 bits per heavy atom. The van der Waals surface area contributed by atoms with Crippen LogP contribution in [0.1, 0.15) is 58.3 Å². The number of rotatable bonds is 3. The number of hydrogen-bond donors (Lipinski definition) is 1. The van der Waals surface area contributed by atoms with Gasteiger partial charge in [-0.3, -0.25) is 9.69 Å². The van der Waals surface area contributed by atoms with E-state index in [4.69, 9.17) is 0 Å². The van der Waals surface area contributed by atoms with E-state index in [9.17, 15) is 9.90 Å². The van der Waals surface area contributed by atoms with Gasteiger partial charge in [0.05, 0.1) is 5.92 Å². The molecule has 3 heteroatoms. The van der Waals surface area contributed by atoms with Gasteiger partial charge >= 0.3 is 5.97 Å². The second-order valence-corrected chi connectivity index (χ2v) is 6.06. The van der Waals surface area contributed by atoms with Crippen molar-refractivity contribution in [3.8, 4) is 0 Å². The van der Waals surface area contributed by atoms with Crippen molar-refractivity contribution in [1.82, 2.24) is 4.90 Å². The van der Waals surface area contributed by atoms with Gasteiger partial charge in [-0.25, -0.2) is 0 Å². The van der Waals surface area contributed by atoms with E-state index in [2.05, 4.69) is 11.8 Å². The molecule has 3 nitrogen and oxygen atoms in total. The van der Waals surface area contributed by atoms with Gasteiger partial charge in [-0.2, -0.15) is 0 Å². The largest absolute Gasteiger partial charge is 0.481 e. The summed E-state index contributed by atoms with van der Waals surface area (Å²) in [5, 5.41) is 9.46. The van der Waals surface area contributed by atoms with Crippen LogP contribution >= 0.6 is 0 Å². The topological polar surface area (TPSA) is 40.5 Å². The zero-order chi connectivity index (χ0) is 13.0. The van der Waals surface area contributed by atoms with Gasteiger partial charge in [0.25, 0.3) is 0 Å². The predicted molar refractivity (Wildman–Crippen MR) is 72.6 cm³/mol. The molecule has 18 heavy (non-hydrogen) atoms. The molecule has 0 amide bonds. The second kappa shape index (κ2) is 6.55. The maximum absolute atomic E-state index is 11.5. The molecule has 1 saturated carbocycles. The number of carbonyl (C=O) groups is 1. The van der Waals surface area contributed by atoms with Crippen LogP contribution in [-0.2, 0) is 4.79 Å². The Kier molecular flexibility index (Phi) is 5.04. The maximum Gasteiger partial charge on any atom is 0.308 e. The van der Waals surface area contributed by atoms with Crippen molar-refractivity contribution < 1.29 is 9.90 Å². The van der Waals surface area contributed by atoms with E-state index in [0.29, 0.717) is 6.04 Å². The summed E-state index contributed by atoms with van der Waals surface area (Å²) >= 11 is 0. The van der Waals surface area contributed by atoms with Gasteiger partial charge < -0.3 is 5.11 Å². The Labute approximate surface area is 111 Å². The van der Waals surface area contributed by atoms with Crippen molar-refractivity contribution in [3.63, 3.8) is 0 Å². The third-order valence-electron chi connectivity index (χ3n) is 4.89. The Morgan fingerprint density at radius 2 is 1.94 bits per heavy atom. The van der Waals surface area contributed by atoms with Crippen LogP contribution in [0.25, 0.3) is 0 Å². The summed E-state index contributed by atoms with van der Waals surface area (Å²) < 4.78 is 0. The standard InChI is InChI=1S/C15H27NO2/c1-2-12-7-6-10-16(11-12)14-9-5-3-4-8-13(14)15(17)18/h12-14H,2-11H2,1H3,(H,17,18). The lowest BCUT2D eigenvalue weighted by Crippen LogP contribution is -2.47. The van der Waals surface area contributed by atoms with Crippen molar-refractivity contribution in [2.75, 3.05) is 13.1 Å². The highest BCUT2D eigenvalue weighted by Gasteiger charge is 2.35. The summed E-state index contributed by atoms with van der Waals surface area (Å²) in [6, 6.07) is 0.305. The van der Waals surface area contributed by atoms with E-state index in [1.807, 2.05) is 0 Å². The van der Waals surface area contributed by atoms with Crippen molar-refractivity contribution in [1.29, 1.82) is 0 Å². The maximum atomic E-state index is 11.5. The number of carboxylic acid groups (broad SMARTS) is 1. The molecule has 0 aromatic carbocycles. The minimum Gasteiger partial charge on any atom is -0.481 e. The summed E-state index contributed by atoms with van der Waals surface area (Å²) in [6.07, 6.45) is 9.31. The van der Waals surface area contributed by atoms with Crippen LogP contribution in [0.5, 0.6) is 0 Å². The van der Waals surface area contributed by atoms with Crippen LogP contribution < -0.4 is 0 Å². The van der Waals surface area contributed by atoms with Crippen LogP contribution in [-0.4, -0.2) is 35.1 Å². The third kappa shape index (κ3) is 3.25. The molecule has 1 aliphatic heterocycles. The first-order valence-corrected chi connectivity index (χ1v) is 7.69. The van der Waals surface area contributed by atoms with Gasteiger partial charge in [0.1, 0.15) is 0 Å². The number of nitrogens with zero attached hydrogens (tertiary/aromatic N) is 1. The average Bonchev–Trinajstić information content (AvgIpc) is 2.64. The SMILES string of the molecule is CCC1CCCN(C2CCCCCC2C(=O)O)C1. The Bertz CT molecular complexity index is 280. The molecule has 1 N–H and O–H groups in total. The molecule has 0 bridgehead atoms. The molecule has 3 atom stereocenters. The summed E-state index contributed by atoms with van der Waals surface area (Å²) in [4.78, 5) is 14.0. The van der Waals surface area contributed by atoms with Gasteiger partial charge in [-0.1, -0.05) is 32.6 Å². The number of aliphatic carboxylic acids is 1. The molecule has 2 aliphatic rings. The van der Waals surface area contributed by atoms with E-state index in [1.165, 1.54) is 32.1 Å². The normalized spacial score (nSPS) is 35.1. The highest BCUT2D eigenvalue weighted by Crippen LogP contribution is 2.31. The Balaban J connectivity index is 2.04. The lowest BCUT2D eigenvalue weighted by atomic mass is 9.88. The van der Waals surface area contributed by atoms with Crippen molar-refractivity contribution in [2.24, 2.45) is 11.8 Å². The molecule has 0 spiro atoms.